The molecule has 4 heteroatoms. The Morgan fingerprint density at radius 3 is 2.96 bits per heavy atom. The highest BCUT2D eigenvalue weighted by Crippen LogP contribution is 2.41. The summed E-state index contributed by atoms with van der Waals surface area (Å²) in [6, 6.07) is 10.6. The molecule has 3 N–H and O–H groups in total. The maximum atomic E-state index is 9.61. The number of benzene rings is 1. The maximum absolute atomic E-state index is 9.61. The van der Waals surface area contributed by atoms with Crippen molar-refractivity contribution >= 4 is 5.69 Å². The Labute approximate surface area is 136 Å². The fraction of sp³-hybridized carbons (Fsp3) is 0.316. The Kier molecular flexibility index (Phi) is 3.74. The van der Waals surface area contributed by atoms with Crippen molar-refractivity contribution in [2.45, 2.75) is 18.5 Å². The molecule has 4 nitrogen and oxygen atoms in total. The molecule has 0 saturated carbocycles. The van der Waals surface area contributed by atoms with Gasteiger partial charge in [0.1, 0.15) is 0 Å². The zero-order chi connectivity index (χ0) is 15.6. The third-order valence-corrected chi connectivity index (χ3v) is 4.72. The fourth-order valence-electron chi connectivity index (χ4n) is 3.60. The van der Waals surface area contributed by atoms with Gasteiger partial charge in [0.25, 0.3) is 0 Å². The molecule has 3 atom stereocenters. The maximum Gasteiger partial charge on any atom is 0.0636 e. The second-order valence-corrected chi connectivity index (χ2v) is 6.11. The first-order valence-electron chi connectivity index (χ1n) is 8.02. The highest BCUT2D eigenvalue weighted by atomic mass is 16.3. The van der Waals surface area contributed by atoms with Gasteiger partial charge in [0.05, 0.1) is 12.6 Å². The molecule has 2 aromatic rings. The van der Waals surface area contributed by atoms with Gasteiger partial charge in [-0.1, -0.05) is 11.8 Å². The van der Waals surface area contributed by atoms with E-state index in [1.807, 2.05) is 18.2 Å². The standard InChI is InChI=1S/C19H19N3O/c23-12-18-15-7-9-21-19(15)16-10-13(5-6-17(16)22-18)3-4-14-2-1-8-20-11-14/h1-2,5-6,8,10-11,15,18-19,21-23H,7,9,12H2/t15-,18+,19-/m0/s1. The molecule has 23 heavy (non-hydrogen) atoms. The van der Waals surface area contributed by atoms with E-state index in [0.29, 0.717) is 12.0 Å². The third-order valence-electron chi connectivity index (χ3n) is 4.72. The minimum Gasteiger partial charge on any atom is -0.394 e. The van der Waals surface area contributed by atoms with Gasteiger partial charge in [-0.25, -0.2) is 0 Å². The van der Waals surface area contributed by atoms with E-state index in [4.69, 9.17) is 0 Å². The highest BCUT2D eigenvalue weighted by Gasteiger charge is 2.39. The van der Waals surface area contributed by atoms with Crippen LogP contribution < -0.4 is 10.6 Å². The summed E-state index contributed by atoms with van der Waals surface area (Å²) in [4.78, 5) is 4.08. The molecular weight excluding hydrogens is 286 g/mol. The molecule has 1 aromatic carbocycles. The van der Waals surface area contributed by atoms with Crippen molar-refractivity contribution in [2.75, 3.05) is 18.5 Å². The van der Waals surface area contributed by atoms with Crippen LogP contribution in [0.4, 0.5) is 5.69 Å². The van der Waals surface area contributed by atoms with E-state index in [-0.39, 0.29) is 12.6 Å². The SMILES string of the molecule is OC[C@H]1Nc2ccc(C#Cc3cccnc3)cc2[C@H]2NCC[C@H]21. The fourth-order valence-corrected chi connectivity index (χ4v) is 3.60. The lowest BCUT2D eigenvalue weighted by molar-refractivity contribution is 0.224. The molecule has 0 bridgehead atoms. The van der Waals surface area contributed by atoms with Gasteiger partial charge in [0.2, 0.25) is 0 Å². The van der Waals surface area contributed by atoms with Crippen LogP contribution in [0.15, 0.2) is 42.7 Å². The number of anilines is 1. The molecule has 0 aliphatic carbocycles. The first-order valence-corrected chi connectivity index (χ1v) is 8.02. The molecule has 4 rings (SSSR count). The van der Waals surface area contributed by atoms with Crippen LogP contribution in [0.5, 0.6) is 0 Å². The minimum absolute atomic E-state index is 0.134. The molecule has 1 aromatic heterocycles. The molecule has 0 radical (unpaired) electrons. The molecule has 1 fully saturated rings. The monoisotopic (exact) mass is 305 g/mol. The Hall–Kier alpha value is -2.35. The van der Waals surface area contributed by atoms with Gasteiger partial charge in [0, 0.05) is 41.2 Å². The van der Waals surface area contributed by atoms with Crippen LogP contribution in [0.25, 0.3) is 0 Å². The first-order chi connectivity index (χ1) is 11.3. The molecule has 1 saturated heterocycles. The van der Waals surface area contributed by atoms with E-state index in [1.54, 1.807) is 12.4 Å². The van der Waals surface area contributed by atoms with Gasteiger partial charge in [-0.3, -0.25) is 4.98 Å². The van der Waals surface area contributed by atoms with Gasteiger partial charge in [0.15, 0.2) is 0 Å². The van der Waals surface area contributed by atoms with Crippen molar-refractivity contribution in [1.82, 2.24) is 10.3 Å². The molecule has 0 unspecified atom stereocenters. The van der Waals surface area contributed by atoms with Crippen molar-refractivity contribution in [3.63, 3.8) is 0 Å². The molecule has 3 heterocycles. The Morgan fingerprint density at radius 2 is 2.13 bits per heavy atom. The summed E-state index contributed by atoms with van der Waals surface area (Å²) < 4.78 is 0. The van der Waals surface area contributed by atoms with E-state index < -0.39 is 0 Å². The smallest absolute Gasteiger partial charge is 0.0636 e. The largest absolute Gasteiger partial charge is 0.394 e. The van der Waals surface area contributed by atoms with Crippen LogP contribution in [0.2, 0.25) is 0 Å². The number of aliphatic hydroxyl groups is 1. The van der Waals surface area contributed by atoms with Crippen LogP contribution in [0.1, 0.15) is 29.2 Å². The summed E-state index contributed by atoms with van der Waals surface area (Å²) >= 11 is 0. The van der Waals surface area contributed by atoms with E-state index in [1.165, 1.54) is 5.56 Å². The number of pyridine rings is 1. The Morgan fingerprint density at radius 1 is 1.22 bits per heavy atom. The van der Waals surface area contributed by atoms with Gasteiger partial charge in [-0.15, -0.1) is 0 Å². The predicted molar refractivity (Wildman–Crippen MR) is 90.0 cm³/mol. The van der Waals surface area contributed by atoms with Crippen LogP contribution in [0.3, 0.4) is 0 Å². The zero-order valence-electron chi connectivity index (χ0n) is 12.8. The van der Waals surface area contributed by atoms with Crippen molar-refractivity contribution in [3.8, 4) is 11.8 Å². The highest BCUT2D eigenvalue weighted by molar-refractivity contribution is 5.60. The van der Waals surface area contributed by atoms with Crippen molar-refractivity contribution in [1.29, 1.82) is 0 Å². The van der Waals surface area contributed by atoms with Crippen LogP contribution >= 0.6 is 0 Å². The summed E-state index contributed by atoms with van der Waals surface area (Å²) in [5.41, 5.74) is 4.28. The van der Waals surface area contributed by atoms with Gasteiger partial charge in [-0.05, 0) is 48.9 Å². The topological polar surface area (TPSA) is 57.2 Å². The number of hydrogen-bond acceptors (Lipinski definition) is 4. The third kappa shape index (κ3) is 2.70. The molecule has 116 valence electrons. The molecular formula is C19H19N3O. The average molecular weight is 305 g/mol. The summed E-state index contributed by atoms with van der Waals surface area (Å²) in [5.74, 6) is 6.81. The average Bonchev–Trinajstić information content (AvgIpc) is 3.10. The van der Waals surface area contributed by atoms with Gasteiger partial charge in [-0.2, -0.15) is 0 Å². The van der Waals surface area contributed by atoms with Crippen LogP contribution in [0, 0.1) is 17.8 Å². The second-order valence-electron chi connectivity index (χ2n) is 6.11. The van der Waals surface area contributed by atoms with E-state index in [9.17, 15) is 5.11 Å². The van der Waals surface area contributed by atoms with Crippen molar-refractivity contribution in [3.05, 3.63) is 59.4 Å². The number of aromatic nitrogens is 1. The summed E-state index contributed by atoms with van der Waals surface area (Å²) in [6.45, 7) is 1.17. The van der Waals surface area contributed by atoms with Crippen LogP contribution in [-0.4, -0.2) is 29.3 Å². The Bertz CT molecular complexity index is 763. The van der Waals surface area contributed by atoms with E-state index >= 15 is 0 Å². The summed E-state index contributed by atoms with van der Waals surface area (Å²) in [6.07, 6.45) is 4.61. The molecule has 2 aliphatic heterocycles. The number of rotatable bonds is 1. The summed E-state index contributed by atoms with van der Waals surface area (Å²) in [5, 5.41) is 16.7. The normalized spacial score (nSPS) is 24.8. The lowest BCUT2D eigenvalue weighted by atomic mass is 9.83. The minimum atomic E-state index is 0.134. The first kappa shape index (κ1) is 14.3. The number of hydrogen-bond donors (Lipinski definition) is 3. The number of nitrogens with zero attached hydrogens (tertiary/aromatic N) is 1. The number of nitrogens with one attached hydrogen (secondary N) is 2. The van der Waals surface area contributed by atoms with Gasteiger partial charge >= 0.3 is 0 Å². The van der Waals surface area contributed by atoms with Crippen molar-refractivity contribution < 1.29 is 5.11 Å². The molecule has 0 spiro atoms. The lowest BCUT2D eigenvalue weighted by Gasteiger charge is -2.36. The second kappa shape index (κ2) is 6.04. The van der Waals surface area contributed by atoms with Gasteiger partial charge < -0.3 is 15.7 Å². The molecule has 0 amide bonds. The molecule has 2 aliphatic rings. The number of aliphatic hydroxyl groups excluding tert-OH is 1. The summed E-state index contributed by atoms with van der Waals surface area (Å²) in [7, 11) is 0. The van der Waals surface area contributed by atoms with Crippen LogP contribution in [-0.2, 0) is 0 Å². The Balaban J connectivity index is 1.66. The lowest BCUT2D eigenvalue weighted by Crippen LogP contribution is -2.40. The van der Waals surface area contributed by atoms with E-state index in [2.05, 4.69) is 39.6 Å². The van der Waals surface area contributed by atoms with Crippen molar-refractivity contribution in [2.24, 2.45) is 5.92 Å². The number of fused-ring (bicyclic) bond motifs is 3. The van der Waals surface area contributed by atoms with E-state index in [0.717, 1.165) is 29.8 Å². The zero-order valence-corrected chi connectivity index (χ0v) is 12.8. The predicted octanol–water partition coefficient (Wildman–Crippen LogP) is 1.92. The quantitative estimate of drug-likeness (QED) is 0.705.